The summed E-state index contributed by atoms with van der Waals surface area (Å²) in [5.74, 6) is 2.80. The first-order chi connectivity index (χ1) is 7.34. The van der Waals surface area contributed by atoms with E-state index in [-0.39, 0.29) is 0 Å². The third-order valence-corrected chi connectivity index (χ3v) is 4.01. The topological polar surface area (TPSA) is 21.3 Å². The Hall–Kier alpha value is -0.0800. The zero-order valence-electron chi connectivity index (χ0n) is 10.0. The van der Waals surface area contributed by atoms with E-state index in [0.717, 1.165) is 31.0 Å². The van der Waals surface area contributed by atoms with E-state index in [1.807, 2.05) is 0 Å². The van der Waals surface area contributed by atoms with Crippen LogP contribution in [-0.2, 0) is 4.74 Å². The second kappa shape index (κ2) is 5.86. The normalized spacial score (nSPS) is 33.4. The average molecular weight is 211 g/mol. The number of hydrogen-bond acceptors (Lipinski definition) is 2. The predicted octanol–water partition coefficient (Wildman–Crippen LogP) is 2.44. The number of nitrogens with one attached hydrogen (secondary N) is 1. The van der Waals surface area contributed by atoms with Gasteiger partial charge in [0.2, 0.25) is 0 Å². The van der Waals surface area contributed by atoms with Crippen LogP contribution >= 0.6 is 0 Å². The Morgan fingerprint density at radius 3 is 2.40 bits per heavy atom. The molecular weight excluding hydrogens is 186 g/mol. The fourth-order valence-corrected chi connectivity index (χ4v) is 2.95. The van der Waals surface area contributed by atoms with Crippen LogP contribution in [0.4, 0.5) is 0 Å². The molecule has 0 aromatic heterocycles. The molecule has 0 aromatic carbocycles. The second-order valence-corrected chi connectivity index (χ2v) is 5.50. The van der Waals surface area contributed by atoms with Crippen molar-refractivity contribution in [2.45, 2.75) is 39.0 Å². The summed E-state index contributed by atoms with van der Waals surface area (Å²) in [5, 5.41) is 3.66. The maximum atomic E-state index is 5.37. The summed E-state index contributed by atoms with van der Waals surface area (Å²) in [4.78, 5) is 0. The molecule has 2 aliphatic rings. The van der Waals surface area contributed by atoms with Crippen molar-refractivity contribution in [3.63, 3.8) is 0 Å². The van der Waals surface area contributed by atoms with Crippen LogP contribution in [0.25, 0.3) is 0 Å². The lowest BCUT2D eigenvalue weighted by atomic mass is 10.00. The smallest absolute Gasteiger partial charge is 0.0469 e. The average Bonchev–Trinajstić information content (AvgIpc) is 2.66. The minimum atomic E-state index is 0.873. The molecule has 0 amide bonds. The molecule has 1 saturated heterocycles. The maximum Gasteiger partial charge on any atom is 0.0469 e. The van der Waals surface area contributed by atoms with Crippen molar-refractivity contribution in [2.75, 3.05) is 26.3 Å². The Morgan fingerprint density at radius 1 is 1.00 bits per heavy atom. The lowest BCUT2D eigenvalue weighted by molar-refractivity contribution is 0.0660. The fraction of sp³-hybridized carbons (Fsp3) is 1.00. The van der Waals surface area contributed by atoms with Gasteiger partial charge in [0.25, 0.3) is 0 Å². The Morgan fingerprint density at radius 2 is 1.73 bits per heavy atom. The summed E-state index contributed by atoms with van der Waals surface area (Å²) in [6, 6.07) is 0. The molecule has 0 aromatic rings. The third kappa shape index (κ3) is 3.76. The van der Waals surface area contributed by atoms with Gasteiger partial charge < -0.3 is 10.1 Å². The molecule has 2 unspecified atom stereocenters. The maximum absolute atomic E-state index is 5.37. The van der Waals surface area contributed by atoms with Crippen LogP contribution in [-0.4, -0.2) is 26.3 Å². The molecule has 1 aliphatic heterocycles. The first-order valence-electron chi connectivity index (χ1n) is 6.63. The molecule has 88 valence electrons. The molecule has 1 N–H and O–H groups in total. The highest BCUT2D eigenvalue weighted by Crippen LogP contribution is 2.29. The third-order valence-electron chi connectivity index (χ3n) is 4.01. The van der Waals surface area contributed by atoms with Gasteiger partial charge in [-0.2, -0.15) is 0 Å². The van der Waals surface area contributed by atoms with Crippen molar-refractivity contribution in [3.8, 4) is 0 Å². The van der Waals surface area contributed by atoms with Gasteiger partial charge in [-0.3, -0.25) is 0 Å². The van der Waals surface area contributed by atoms with Crippen molar-refractivity contribution in [1.82, 2.24) is 5.32 Å². The molecule has 15 heavy (non-hydrogen) atoms. The molecule has 1 heterocycles. The molecule has 2 atom stereocenters. The molecule has 0 radical (unpaired) electrons. The van der Waals surface area contributed by atoms with Crippen LogP contribution in [0, 0.1) is 17.8 Å². The van der Waals surface area contributed by atoms with Crippen molar-refractivity contribution < 1.29 is 4.74 Å². The number of rotatable bonds is 4. The summed E-state index contributed by atoms with van der Waals surface area (Å²) in [6.07, 6.45) is 6.86. The largest absolute Gasteiger partial charge is 0.381 e. The minimum Gasteiger partial charge on any atom is -0.381 e. The predicted molar refractivity (Wildman–Crippen MR) is 62.9 cm³/mol. The molecule has 2 fully saturated rings. The van der Waals surface area contributed by atoms with E-state index in [9.17, 15) is 0 Å². The Bertz CT molecular complexity index is 173. The summed E-state index contributed by atoms with van der Waals surface area (Å²) in [7, 11) is 0. The Kier molecular flexibility index (Phi) is 4.45. The molecule has 0 spiro atoms. The van der Waals surface area contributed by atoms with Crippen LogP contribution in [0.15, 0.2) is 0 Å². The highest BCUT2D eigenvalue weighted by atomic mass is 16.5. The second-order valence-electron chi connectivity index (χ2n) is 5.50. The number of ether oxygens (including phenoxy) is 1. The van der Waals surface area contributed by atoms with Crippen molar-refractivity contribution in [2.24, 2.45) is 17.8 Å². The van der Waals surface area contributed by atoms with Gasteiger partial charge in [-0.1, -0.05) is 13.3 Å². The molecule has 2 nitrogen and oxygen atoms in total. The Balaban J connectivity index is 1.54. The van der Waals surface area contributed by atoms with Crippen LogP contribution < -0.4 is 5.32 Å². The quantitative estimate of drug-likeness (QED) is 0.771. The minimum absolute atomic E-state index is 0.873. The van der Waals surface area contributed by atoms with Gasteiger partial charge in [-0.25, -0.2) is 0 Å². The first-order valence-corrected chi connectivity index (χ1v) is 6.63. The van der Waals surface area contributed by atoms with E-state index in [1.165, 1.54) is 45.2 Å². The van der Waals surface area contributed by atoms with Gasteiger partial charge in [0.05, 0.1) is 0 Å². The first kappa shape index (κ1) is 11.4. The van der Waals surface area contributed by atoms with E-state index in [4.69, 9.17) is 4.74 Å². The van der Waals surface area contributed by atoms with Crippen molar-refractivity contribution in [1.29, 1.82) is 0 Å². The zero-order chi connectivity index (χ0) is 10.5. The molecule has 1 saturated carbocycles. The molecule has 1 aliphatic carbocycles. The van der Waals surface area contributed by atoms with Gasteiger partial charge in [0.15, 0.2) is 0 Å². The highest BCUT2D eigenvalue weighted by Gasteiger charge is 2.21. The summed E-state index contributed by atoms with van der Waals surface area (Å²) < 4.78 is 5.37. The monoisotopic (exact) mass is 211 g/mol. The fourth-order valence-electron chi connectivity index (χ4n) is 2.95. The van der Waals surface area contributed by atoms with E-state index in [0.29, 0.717) is 0 Å². The van der Waals surface area contributed by atoms with Crippen LogP contribution in [0.3, 0.4) is 0 Å². The van der Waals surface area contributed by atoms with Gasteiger partial charge in [-0.05, 0) is 56.5 Å². The van der Waals surface area contributed by atoms with E-state index in [2.05, 4.69) is 12.2 Å². The van der Waals surface area contributed by atoms with E-state index < -0.39 is 0 Å². The van der Waals surface area contributed by atoms with Crippen LogP contribution in [0.5, 0.6) is 0 Å². The molecule has 2 heteroatoms. The zero-order valence-corrected chi connectivity index (χ0v) is 10.0. The van der Waals surface area contributed by atoms with E-state index >= 15 is 0 Å². The van der Waals surface area contributed by atoms with Gasteiger partial charge >= 0.3 is 0 Å². The standard InChI is InChI=1S/C13H25NO/c1-11-2-3-13(8-11)10-14-9-12-4-6-15-7-5-12/h11-14H,2-10H2,1H3. The van der Waals surface area contributed by atoms with Crippen LogP contribution in [0.1, 0.15) is 39.0 Å². The lowest BCUT2D eigenvalue weighted by Crippen LogP contribution is -2.30. The van der Waals surface area contributed by atoms with E-state index in [1.54, 1.807) is 0 Å². The summed E-state index contributed by atoms with van der Waals surface area (Å²) in [5.41, 5.74) is 0. The van der Waals surface area contributed by atoms with Gasteiger partial charge in [0.1, 0.15) is 0 Å². The molecule has 0 bridgehead atoms. The lowest BCUT2D eigenvalue weighted by Gasteiger charge is -2.23. The SMILES string of the molecule is CC1CCC(CNCC2CCOCC2)C1. The molecule has 2 rings (SSSR count). The van der Waals surface area contributed by atoms with Crippen molar-refractivity contribution >= 4 is 0 Å². The number of hydrogen-bond donors (Lipinski definition) is 1. The summed E-state index contributed by atoms with van der Waals surface area (Å²) in [6.45, 7) is 6.81. The van der Waals surface area contributed by atoms with Gasteiger partial charge in [0, 0.05) is 13.2 Å². The molecular formula is C13H25NO. The van der Waals surface area contributed by atoms with Crippen molar-refractivity contribution in [3.05, 3.63) is 0 Å². The summed E-state index contributed by atoms with van der Waals surface area (Å²) >= 11 is 0. The van der Waals surface area contributed by atoms with Crippen LogP contribution in [0.2, 0.25) is 0 Å². The highest BCUT2D eigenvalue weighted by molar-refractivity contribution is 4.75. The van der Waals surface area contributed by atoms with Gasteiger partial charge in [-0.15, -0.1) is 0 Å². The Labute approximate surface area is 93.8 Å².